The molecule has 84 valence electrons. The molecule has 0 amide bonds. The van der Waals surface area contributed by atoms with E-state index in [9.17, 15) is 0 Å². The number of nitrogens with one attached hydrogen (secondary N) is 1. The van der Waals surface area contributed by atoms with E-state index in [0.717, 1.165) is 24.7 Å². The van der Waals surface area contributed by atoms with Crippen LogP contribution in [0.1, 0.15) is 24.4 Å². The van der Waals surface area contributed by atoms with Gasteiger partial charge in [-0.25, -0.2) is 0 Å². The molecule has 1 aliphatic rings. The molecule has 1 unspecified atom stereocenters. The fraction of sp³-hybridized carbons (Fsp3) is 0.455. The van der Waals surface area contributed by atoms with Gasteiger partial charge in [0, 0.05) is 13.1 Å². The lowest BCUT2D eigenvalue weighted by Gasteiger charge is -2.21. The molecule has 0 bridgehead atoms. The van der Waals surface area contributed by atoms with Crippen LogP contribution >= 0.6 is 11.3 Å². The second-order valence-corrected chi connectivity index (χ2v) is 5.06. The minimum Gasteiger partial charge on any atom is -0.308 e. The quantitative estimate of drug-likeness (QED) is 0.820. The van der Waals surface area contributed by atoms with E-state index >= 15 is 0 Å². The predicted octanol–water partition coefficient (Wildman–Crippen LogP) is 1.98. The Kier molecular flexibility index (Phi) is 2.29. The first-order chi connectivity index (χ1) is 7.77. The maximum absolute atomic E-state index is 4.33. The van der Waals surface area contributed by atoms with Gasteiger partial charge in [-0.3, -0.25) is 0 Å². The summed E-state index contributed by atoms with van der Waals surface area (Å²) in [6, 6.07) is 2.43. The summed E-state index contributed by atoms with van der Waals surface area (Å²) >= 11 is 1.74. The van der Waals surface area contributed by atoms with Crippen molar-refractivity contribution >= 4 is 11.3 Å². The molecule has 1 N–H and O–H groups in total. The lowest BCUT2D eigenvalue weighted by Crippen LogP contribution is -2.32. The summed E-state index contributed by atoms with van der Waals surface area (Å²) in [6.07, 6.45) is 0. The number of thiophene rings is 1. The maximum atomic E-state index is 4.33. The Balaban J connectivity index is 2.13. The van der Waals surface area contributed by atoms with Crippen LogP contribution in [0.2, 0.25) is 0 Å². The summed E-state index contributed by atoms with van der Waals surface area (Å²) < 4.78 is 2.24. The van der Waals surface area contributed by atoms with Gasteiger partial charge in [0.1, 0.15) is 5.82 Å². The first kappa shape index (κ1) is 9.99. The average Bonchev–Trinajstić information content (AvgIpc) is 2.84. The van der Waals surface area contributed by atoms with Crippen molar-refractivity contribution in [3.05, 3.63) is 22.8 Å². The standard InChI is InChI=1S/C11H14N4S/c1-7-3-6-16-9(7)11-14-13-10-8(2)12-4-5-15(10)11/h3,6,8,12H,4-5H2,1-2H3. The second kappa shape index (κ2) is 3.68. The summed E-state index contributed by atoms with van der Waals surface area (Å²) in [5.74, 6) is 2.07. The Morgan fingerprint density at radius 1 is 1.50 bits per heavy atom. The minimum atomic E-state index is 0.301. The Morgan fingerprint density at radius 3 is 3.12 bits per heavy atom. The molecule has 0 spiro atoms. The van der Waals surface area contributed by atoms with Crippen molar-refractivity contribution in [1.29, 1.82) is 0 Å². The predicted molar refractivity (Wildman–Crippen MR) is 64.5 cm³/mol. The van der Waals surface area contributed by atoms with Crippen molar-refractivity contribution in [2.45, 2.75) is 26.4 Å². The maximum Gasteiger partial charge on any atom is 0.174 e. The highest BCUT2D eigenvalue weighted by molar-refractivity contribution is 7.13. The monoisotopic (exact) mass is 234 g/mol. The number of fused-ring (bicyclic) bond motifs is 1. The van der Waals surface area contributed by atoms with E-state index in [2.05, 4.69) is 45.4 Å². The van der Waals surface area contributed by atoms with Crippen LogP contribution in [-0.2, 0) is 6.54 Å². The molecule has 0 fully saturated rings. The van der Waals surface area contributed by atoms with Gasteiger partial charge in [0.15, 0.2) is 5.82 Å². The largest absolute Gasteiger partial charge is 0.308 e. The topological polar surface area (TPSA) is 42.7 Å². The highest BCUT2D eigenvalue weighted by atomic mass is 32.1. The molecule has 0 radical (unpaired) electrons. The van der Waals surface area contributed by atoms with Gasteiger partial charge in [-0.2, -0.15) is 0 Å². The van der Waals surface area contributed by atoms with E-state index in [1.807, 2.05) is 0 Å². The number of aryl methyl sites for hydroxylation is 1. The molecule has 16 heavy (non-hydrogen) atoms. The normalized spacial score (nSPS) is 19.8. The van der Waals surface area contributed by atoms with E-state index < -0.39 is 0 Å². The van der Waals surface area contributed by atoms with Crippen molar-refractivity contribution in [1.82, 2.24) is 20.1 Å². The van der Waals surface area contributed by atoms with Gasteiger partial charge >= 0.3 is 0 Å². The molecule has 1 atom stereocenters. The van der Waals surface area contributed by atoms with Crippen molar-refractivity contribution in [2.75, 3.05) is 6.54 Å². The molecule has 0 saturated carbocycles. The van der Waals surface area contributed by atoms with Crippen molar-refractivity contribution in [3.63, 3.8) is 0 Å². The van der Waals surface area contributed by atoms with Gasteiger partial charge in [-0.1, -0.05) is 0 Å². The van der Waals surface area contributed by atoms with Crippen molar-refractivity contribution < 1.29 is 0 Å². The smallest absolute Gasteiger partial charge is 0.174 e. The van der Waals surface area contributed by atoms with E-state index in [1.165, 1.54) is 10.4 Å². The summed E-state index contributed by atoms with van der Waals surface area (Å²) in [7, 11) is 0. The van der Waals surface area contributed by atoms with E-state index in [0.29, 0.717) is 6.04 Å². The molecule has 0 aliphatic carbocycles. The second-order valence-electron chi connectivity index (χ2n) is 4.14. The van der Waals surface area contributed by atoms with E-state index in [-0.39, 0.29) is 0 Å². The van der Waals surface area contributed by atoms with Crippen molar-refractivity contribution in [3.8, 4) is 10.7 Å². The van der Waals surface area contributed by atoms with Gasteiger partial charge in [0.2, 0.25) is 0 Å². The lowest BCUT2D eigenvalue weighted by atomic mass is 10.2. The SMILES string of the molecule is Cc1ccsc1-c1nnc2n1CCNC2C. The Morgan fingerprint density at radius 2 is 2.38 bits per heavy atom. The van der Waals surface area contributed by atoms with Gasteiger partial charge < -0.3 is 9.88 Å². The van der Waals surface area contributed by atoms with Crippen LogP contribution in [0.3, 0.4) is 0 Å². The first-order valence-electron chi connectivity index (χ1n) is 5.48. The number of nitrogens with zero attached hydrogens (tertiary/aromatic N) is 3. The average molecular weight is 234 g/mol. The number of rotatable bonds is 1. The molecule has 5 heteroatoms. The third-order valence-corrected chi connectivity index (χ3v) is 4.03. The van der Waals surface area contributed by atoms with Crippen LogP contribution < -0.4 is 5.32 Å². The Bertz CT molecular complexity index is 514. The van der Waals surface area contributed by atoms with Crippen LogP contribution in [0.15, 0.2) is 11.4 Å². The molecule has 1 aliphatic heterocycles. The zero-order valence-electron chi connectivity index (χ0n) is 9.40. The van der Waals surface area contributed by atoms with E-state index in [4.69, 9.17) is 0 Å². The minimum absolute atomic E-state index is 0.301. The highest BCUT2D eigenvalue weighted by Crippen LogP contribution is 2.29. The molecule has 3 rings (SSSR count). The van der Waals surface area contributed by atoms with Crippen LogP contribution in [0.25, 0.3) is 10.7 Å². The zero-order chi connectivity index (χ0) is 11.1. The Labute approximate surface area is 98.3 Å². The van der Waals surface area contributed by atoms with Gasteiger partial charge in [-0.15, -0.1) is 21.5 Å². The van der Waals surface area contributed by atoms with Gasteiger partial charge in [-0.05, 0) is 30.9 Å². The fourth-order valence-corrected chi connectivity index (χ4v) is 3.03. The van der Waals surface area contributed by atoms with Crippen LogP contribution in [0.5, 0.6) is 0 Å². The third kappa shape index (κ3) is 1.39. The van der Waals surface area contributed by atoms with Crippen LogP contribution in [0.4, 0.5) is 0 Å². The third-order valence-electron chi connectivity index (χ3n) is 3.02. The van der Waals surface area contributed by atoms with Crippen LogP contribution in [-0.4, -0.2) is 21.3 Å². The van der Waals surface area contributed by atoms with Crippen LogP contribution in [0, 0.1) is 6.92 Å². The molecule has 3 heterocycles. The molecule has 2 aromatic rings. The van der Waals surface area contributed by atoms with E-state index in [1.54, 1.807) is 11.3 Å². The molecule has 0 aromatic carbocycles. The highest BCUT2D eigenvalue weighted by Gasteiger charge is 2.22. The van der Waals surface area contributed by atoms with Crippen molar-refractivity contribution in [2.24, 2.45) is 0 Å². The molecule has 0 saturated heterocycles. The van der Waals surface area contributed by atoms with Gasteiger partial charge in [0.05, 0.1) is 10.9 Å². The number of hydrogen-bond acceptors (Lipinski definition) is 4. The zero-order valence-corrected chi connectivity index (χ0v) is 10.2. The molecular weight excluding hydrogens is 220 g/mol. The first-order valence-corrected chi connectivity index (χ1v) is 6.36. The molecule has 2 aromatic heterocycles. The van der Waals surface area contributed by atoms with Gasteiger partial charge in [0.25, 0.3) is 0 Å². The summed E-state index contributed by atoms with van der Waals surface area (Å²) in [5, 5.41) is 14.1. The lowest BCUT2D eigenvalue weighted by molar-refractivity contribution is 0.439. The molecule has 4 nitrogen and oxygen atoms in total. The summed E-state index contributed by atoms with van der Waals surface area (Å²) in [4.78, 5) is 1.24. The summed E-state index contributed by atoms with van der Waals surface area (Å²) in [5.41, 5.74) is 1.28. The number of aromatic nitrogens is 3. The number of hydrogen-bond donors (Lipinski definition) is 1. The fourth-order valence-electron chi connectivity index (χ4n) is 2.11. The molecular formula is C11H14N4S. The Hall–Kier alpha value is -1.20. The summed E-state index contributed by atoms with van der Waals surface area (Å²) in [6.45, 7) is 6.20.